The molecule has 16 heavy (non-hydrogen) atoms. The van der Waals surface area contributed by atoms with E-state index in [1.165, 1.54) is 19.3 Å². The van der Waals surface area contributed by atoms with Crippen molar-refractivity contribution in [2.45, 2.75) is 43.3 Å². The van der Waals surface area contributed by atoms with Crippen LogP contribution in [0.3, 0.4) is 0 Å². The molecule has 3 heteroatoms. The highest BCUT2D eigenvalue weighted by molar-refractivity contribution is 7.92. The Morgan fingerprint density at radius 2 is 1.50 bits per heavy atom. The molecule has 4 bridgehead atoms. The Balaban J connectivity index is 1.97. The zero-order chi connectivity index (χ0) is 11.4. The van der Waals surface area contributed by atoms with Crippen LogP contribution in [0, 0.1) is 17.8 Å². The Bertz CT molecular complexity index is 372. The smallest absolute Gasteiger partial charge is 0.159 e. The zero-order valence-corrected chi connectivity index (χ0v) is 10.5. The van der Waals surface area contributed by atoms with E-state index in [9.17, 15) is 8.42 Å². The van der Waals surface area contributed by atoms with Gasteiger partial charge >= 0.3 is 0 Å². The van der Waals surface area contributed by atoms with Crippen molar-refractivity contribution in [2.24, 2.45) is 17.8 Å². The molecule has 0 spiro atoms. The summed E-state index contributed by atoms with van der Waals surface area (Å²) in [5.41, 5.74) is 0. The molecule has 0 radical (unpaired) electrons. The standard InChI is InChI=1S/C13H20O2S/c1-2-3-16(14,15)13-7-10-4-11(8-13)6-12(5-10)9-13/h2,10-12H,1,3-9H2. The van der Waals surface area contributed by atoms with Crippen LogP contribution >= 0.6 is 0 Å². The Labute approximate surface area is 98.0 Å². The average molecular weight is 240 g/mol. The van der Waals surface area contributed by atoms with Crippen molar-refractivity contribution in [1.82, 2.24) is 0 Å². The molecule has 4 aliphatic rings. The number of hydrogen-bond donors (Lipinski definition) is 0. The maximum atomic E-state index is 12.4. The van der Waals surface area contributed by atoms with Gasteiger partial charge < -0.3 is 0 Å². The highest BCUT2D eigenvalue weighted by Gasteiger charge is 2.56. The number of hydrogen-bond acceptors (Lipinski definition) is 2. The summed E-state index contributed by atoms with van der Waals surface area (Å²) in [5.74, 6) is 2.28. The van der Waals surface area contributed by atoms with E-state index in [0.29, 0.717) is 17.8 Å². The minimum atomic E-state index is -2.95. The zero-order valence-electron chi connectivity index (χ0n) is 9.69. The van der Waals surface area contributed by atoms with Crippen molar-refractivity contribution in [3.05, 3.63) is 12.7 Å². The summed E-state index contributed by atoms with van der Waals surface area (Å²) in [6.07, 6.45) is 8.27. The summed E-state index contributed by atoms with van der Waals surface area (Å²) in [5, 5.41) is 0. The molecule has 4 saturated carbocycles. The molecular formula is C13H20O2S. The van der Waals surface area contributed by atoms with Crippen molar-refractivity contribution in [3.63, 3.8) is 0 Å². The first kappa shape index (κ1) is 10.8. The Hall–Kier alpha value is -0.310. The first-order valence-electron chi connectivity index (χ1n) is 6.38. The van der Waals surface area contributed by atoms with Gasteiger partial charge in [-0.15, -0.1) is 6.58 Å². The maximum absolute atomic E-state index is 12.4. The number of sulfone groups is 1. The minimum Gasteiger partial charge on any atom is -0.228 e. The summed E-state index contributed by atoms with van der Waals surface area (Å²) in [4.78, 5) is 0. The molecule has 0 unspecified atom stereocenters. The molecule has 0 aromatic heterocycles. The first-order chi connectivity index (χ1) is 7.55. The molecule has 0 aliphatic heterocycles. The quantitative estimate of drug-likeness (QED) is 0.710. The van der Waals surface area contributed by atoms with E-state index in [2.05, 4.69) is 6.58 Å². The van der Waals surface area contributed by atoms with Gasteiger partial charge in [-0.1, -0.05) is 6.08 Å². The molecule has 0 aromatic rings. The van der Waals surface area contributed by atoms with Gasteiger partial charge in [0, 0.05) is 0 Å². The third kappa shape index (κ3) is 1.40. The van der Waals surface area contributed by atoms with E-state index < -0.39 is 9.84 Å². The van der Waals surface area contributed by atoms with Gasteiger partial charge in [-0.05, 0) is 56.3 Å². The lowest BCUT2D eigenvalue weighted by Gasteiger charge is -2.55. The van der Waals surface area contributed by atoms with Crippen molar-refractivity contribution < 1.29 is 8.42 Å². The third-order valence-electron chi connectivity index (χ3n) is 4.98. The van der Waals surface area contributed by atoms with E-state index in [4.69, 9.17) is 0 Å². The average Bonchev–Trinajstić information content (AvgIpc) is 2.14. The Kier molecular flexibility index (Phi) is 2.26. The molecule has 2 nitrogen and oxygen atoms in total. The predicted octanol–water partition coefficient (Wildman–Crippen LogP) is 2.56. The summed E-state index contributed by atoms with van der Waals surface area (Å²) >= 11 is 0. The van der Waals surface area contributed by atoms with E-state index >= 15 is 0 Å². The lowest BCUT2D eigenvalue weighted by molar-refractivity contribution is 0.0340. The van der Waals surface area contributed by atoms with E-state index in [0.717, 1.165) is 19.3 Å². The summed E-state index contributed by atoms with van der Waals surface area (Å²) < 4.78 is 24.5. The second-order valence-electron chi connectivity index (χ2n) is 6.17. The highest BCUT2D eigenvalue weighted by atomic mass is 32.2. The fourth-order valence-corrected chi connectivity index (χ4v) is 6.88. The molecule has 4 rings (SSSR count). The van der Waals surface area contributed by atoms with Gasteiger partial charge in [0.25, 0.3) is 0 Å². The molecule has 0 aromatic carbocycles. The van der Waals surface area contributed by atoms with E-state index in [1.807, 2.05) is 0 Å². The van der Waals surface area contributed by atoms with Crippen LogP contribution in [0.15, 0.2) is 12.7 Å². The van der Waals surface area contributed by atoms with Gasteiger partial charge in [0.2, 0.25) is 0 Å². The maximum Gasteiger partial charge on any atom is 0.159 e. The van der Waals surface area contributed by atoms with Gasteiger partial charge in [-0.3, -0.25) is 0 Å². The normalized spacial score (nSPS) is 45.9. The van der Waals surface area contributed by atoms with Crippen LogP contribution in [-0.4, -0.2) is 18.9 Å². The lowest BCUT2D eigenvalue weighted by Crippen LogP contribution is -2.55. The van der Waals surface area contributed by atoms with Crippen LogP contribution in [0.1, 0.15) is 38.5 Å². The summed E-state index contributed by atoms with van der Waals surface area (Å²) in [6, 6.07) is 0. The largest absolute Gasteiger partial charge is 0.228 e. The molecular weight excluding hydrogens is 220 g/mol. The van der Waals surface area contributed by atoms with Crippen molar-refractivity contribution >= 4 is 9.84 Å². The molecule has 0 heterocycles. The highest BCUT2D eigenvalue weighted by Crippen LogP contribution is 2.58. The Morgan fingerprint density at radius 3 is 1.88 bits per heavy atom. The molecule has 0 saturated heterocycles. The van der Waals surface area contributed by atoms with Gasteiger partial charge in [-0.25, -0.2) is 8.42 Å². The van der Waals surface area contributed by atoms with Gasteiger partial charge in [0.15, 0.2) is 9.84 Å². The second kappa shape index (κ2) is 3.34. The van der Waals surface area contributed by atoms with Crippen LogP contribution in [0.2, 0.25) is 0 Å². The van der Waals surface area contributed by atoms with Crippen LogP contribution in [0.25, 0.3) is 0 Å². The van der Waals surface area contributed by atoms with E-state index in [-0.39, 0.29) is 10.5 Å². The van der Waals surface area contributed by atoms with E-state index in [1.54, 1.807) is 6.08 Å². The van der Waals surface area contributed by atoms with Gasteiger partial charge in [0.1, 0.15) is 0 Å². The fraction of sp³-hybridized carbons (Fsp3) is 0.846. The topological polar surface area (TPSA) is 34.1 Å². The third-order valence-corrected chi connectivity index (χ3v) is 7.47. The van der Waals surface area contributed by atoms with Crippen molar-refractivity contribution in [2.75, 3.05) is 5.75 Å². The van der Waals surface area contributed by atoms with Crippen molar-refractivity contribution in [3.8, 4) is 0 Å². The van der Waals surface area contributed by atoms with Crippen LogP contribution in [0.4, 0.5) is 0 Å². The fourth-order valence-electron chi connectivity index (χ4n) is 4.74. The minimum absolute atomic E-state index is 0.180. The molecule has 0 N–H and O–H groups in total. The first-order valence-corrected chi connectivity index (χ1v) is 8.03. The molecule has 0 atom stereocenters. The predicted molar refractivity (Wildman–Crippen MR) is 64.9 cm³/mol. The summed E-state index contributed by atoms with van der Waals surface area (Å²) in [6.45, 7) is 3.59. The molecule has 90 valence electrons. The SMILES string of the molecule is C=CCS(=O)(=O)C12CC3CC(CC(C3)C1)C2. The van der Waals surface area contributed by atoms with Crippen LogP contribution < -0.4 is 0 Å². The Morgan fingerprint density at radius 1 is 1.06 bits per heavy atom. The van der Waals surface area contributed by atoms with Gasteiger partial charge in [0.05, 0.1) is 10.5 Å². The molecule has 4 fully saturated rings. The van der Waals surface area contributed by atoms with Crippen molar-refractivity contribution in [1.29, 1.82) is 0 Å². The van der Waals surface area contributed by atoms with Crippen LogP contribution in [0.5, 0.6) is 0 Å². The number of rotatable bonds is 3. The molecule has 4 aliphatic carbocycles. The lowest BCUT2D eigenvalue weighted by atomic mass is 9.56. The summed E-state index contributed by atoms with van der Waals surface area (Å²) in [7, 11) is -2.95. The monoisotopic (exact) mass is 240 g/mol. The van der Waals surface area contributed by atoms with Crippen LogP contribution in [-0.2, 0) is 9.84 Å². The van der Waals surface area contributed by atoms with Gasteiger partial charge in [-0.2, -0.15) is 0 Å². The second-order valence-corrected chi connectivity index (χ2v) is 8.60. The molecule has 0 amide bonds.